The van der Waals surface area contributed by atoms with Crippen LogP contribution in [0.1, 0.15) is 22.8 Å². The van der Waals surface area contributed by atoms with Gasteiger partial charge in [0.2, 0.25) is 5.91 Å². The van der Waals surface area contributed by atoms with E-state index in [4.69, 9.17) is 14.2 Å². The number of hydrogen-bond donors (Lipinski definition) is 2. The number of rotatable bonds is 11. The molecule has 0 heterocycles. The van der Waals surface area contributed by atoms with Crippen LogP contribution in [0.25, 0.3) is 0 Å². The second-order valence-electron chi connectivity index (χ2n) is 7.86. The monoisotopic (exact) mass is 477 g/mol. The van der Waals surface area contributed by atoms with Gasteiger partial charge < -0.3 is 24.8 Å². The maximum atomic E-state index is 12.9. The Kier molecular flexibility index (Phi) is 9.09. The number of amides is 2. The van der Waals surface area contributed by atoms with Crippen molar-refractivity contribution < 1.29 is 23.8 Å². The summed E-state index contributed by atoms with van der Waals surface area (Å²) in [5.41, 5.74) is 2.37. The molecule has 35 heavy (non-hydrogen) atoms. The molecule has 3 aromatic rings. The Balaban J connectivity index is 1.62. The van der Waals surface area contributed by atoms with Gasteiger partial charge in [0.1, 0.15) is 17.2 Å². The van der Waals surface area contributed by atoms with Crippen molar-refractivity contribution in [3.8, 4) is 17.2 Å². The molecule has 8 heteroatoms. The maximum absolute atomic E-state index is 12.9. The molecule has 3 aromatic carbocycles. The van der Waals surface area contributed by atoms with Gasteiger partial charge in [0.25, 0.3) is 5.91 Å². The minimum absolute atomic E-state index is 0.129. The van der Waals surface area contributed by atoms with Crippen LogP contribution in [0.15, 0.2) is 66.7 Å². The Morgan fingerprint density at radius 3 is 2.29 bits per heavy atom. The molecular weight excluding hydrogens is 446 g/mol. The van der Waals surface area contributed by atoms with Crippen molar-refractivity contribution in [3.63, 3.8) is 0 Å². The largest absolute Gasteiger partial charge is 0.497 e. The van der Waals surface area contributed by atoms with Gasteiger partial charge in [0, 0.05) is 23.9 Å². The van der Waals surface area contributed by atoms with Crippen LogP contribution < -0.4 is 24.8 Å². The summed E-state index contributed by atoms with van der Waals surface area (Å²) in [4.78, 5) is 27.5. The molecule has 184 valence electrons. The molecule has 0 unspecified atom stereocenters. The first-order valence-corrected chi connectivity index (χ1v) is 11.3. The smallest absolute Gasteiger partial charge is 0.257 e. The lowest BCUT2D eigenvalue weighted by molar-refractivity contribution is -0.117. The number of anilines is 2. The van der Waals surface area contributed by atoms with Gasteiger partial charge >= 0.3 is 0 Å². The van der Waals surface area contributed by atoms with Crippen LogP contribution >= 0.6 is 0 Å². The van der Waals surface area contributed by atoms with Gasteiger partial charge in [-0.05, 0) is 56.4 Å². The summed E-state index contributed by atoms with van der Waals surface area (Å²) in [6.07, 6.45) is 0. The highest BCUT2D eigenvalue weighted by atomic mass is 16.5. The van der Waals surface area contributed by atoms with Gasteiger partial charge in [0.05, 0.1) is 38.6 Å². The summed E-state index contributed by atoms with van der Waals surface area (Å²) in [5.74, 6) is 1.57. The molecule has 0 aliphatic heterocycles. The topological polar surface area (TPSA) is 89.1 Å². The Hall–Kier alpha value is -4.04. The predicted molar refractivity (Wildman–Crippen MR) is 137 cm³/mol. The molecule has 0 aromatic heterocycles. The summed E-state index contributed by atoms with van der Waals surface area (Å²) in [6.45, 7) is 3.11. The number of methoxy groups -OCH3 is 2. The third-order valence-corrected chi connectivity index (χ3v) is 5.22. The van der Waals surface area contributed by atoms with E-state index in [1.54, 1.807) is 62.8 Å². The second kappa shape index (κ2) is 12.4. The van der Waals surface area contributed by atoms with E-state index in [-0.39, 0.29) is 18.4 Å². The molecule has 0 spiro atoms. The number of likely N-dealkylation sites (N-methyl/N-ethyl adjacent to an activating group) is 1. The molecule has 0 radical (unpaired) electrons. The average molecular weight is 478 g/mol. The van der Waals surface area contributed by atoms with E-state index in [9.17, 15) is 9.59 Å². The first-order valence-electron chi connectivity index (χ1n) is 11.3. The number of benzene rings is 3. The summed E-state index contributed by atoms with van der Waals surface area (Å²) in [6, 6.07) is 19.6. The van der Waals surface area contributed by atoms with Gasteiger partial charge in [0.15, 0.2) is 0 Å². The summed E-state index contributed by atoms with van der Waals surface area (Å²) in [7, 11) is 5.04. The molecule has 2 amide bonds. The number of nitrogens with zero attached hydrogens (tertiary/aromatic N) is 1. The third-order valence-electron chi connectivity index (χ3n) is 5.22. The summed E-state index contributed by atoms with van der Waals surface area (Å²) >= 11 is 0. The molecule has 3 rings (SSSR count). The van der Waals surface area contributed by atoms with Gasteiger partial charge in [-0.3, -0.25) is 14.5 Å². The number of hydrogen-bond acceptors (Lipinski definition) is 6. The highest BCUT2D eigenvalue weighted by molar-refractivity contribution is 6.10. The van der Waals surface area contributed by atoms with Crippen molar-refractivity contribution in [3.05, 3.63) is 77.9 Å². The first kappa shape index (κ1) is 25.6. The van der Waals surface area contributed by atoms with Crippen molar-refractivity contribution in [1.29, 1.82) is 0 Å². The van der Waals surface area contributed by atoms with Crippen LogP contribution in [0.4, 0.5) is 11.4 Å². The fourth-order valence-electron chi connectivity index (χ4n) is 3.55. The molecule has 8 nitrogen and oxygen atoms in total. The van der Waals surface area contributed by atoms with Crippen molar-refractivity contribution >= 4 is 23.2 Å². The number of carbonyl (C=O) groups excluding carboxylic acids is 2. The predicted octanol–water partition coefficient (Wildman–Crippen LogP) is 4.43. The quantitative estimate of drug-likeness (QED) is 0.425. The molecule has 2 N–H and O–H groups in total. The Labute approximate surface area is 205 Å². The van der Waals surface area contributed by atoms with Gasteiger partial charge in [-0.2, -0.15) is 0 Å². The van der Waals surface area contributed by atoms with Crippen molar-refractivity contribution in [2.24, 2.45) is 0 Å². The molecule has 0 fully saturated rings. The Bertz CT molecular complexity index is 1150. The molecule has 0 bridgehead atoms. The van der Waals surface area contributed by atoms with Crippen LogP contribution in [0, 0.1) is 0 Å². The van der Waals surface area contributed by atoms with E-state index in [0.717, 1.165) is 11.3 Å². The number of para-hydroxylation sites is 1. The summed E-state index contributed by atoms with van der Waals surface area (Å²) < 4.78 is 16.1. The lowest BCUT2D eigenvalue weighted by Gasteiger charge is -2.19. The fraction of sp³-hybridized carbons (Fsp3) is 0.259. The second-order valence-corrected chi connectivity index (χ2v) is 7.86. The number of carbonyl (C=O) groups is 2. The van der Waals surface area contributed by atoms with Crippen LogP contribution in [0.2, 0.25) is 0 Å². The fourth-order valence-corrected chi connectivity index (χ4v) is 3.55. The van der Waals surface area contributed by atoms with Crippen LogP contribution in [0.3, 0.4) is 0 Å². The van der Waals surface area contributed by atoms with E-state index in [2.05, 4.69) is 10.6 Å². The Morgan fingerprint density at radius 1 is 0.886 bits per heavy atom. The maximum Gasteiger partial charge on any atom is 0.257 e. The highest BCUT2D eigenvalue weighted by Gasteiger charge is 2.16. The van der Waals surface area contributed by atoms with E-state index >= 15 is 0 Å². The van der Waals surface area contributed by atoms with Crippen LogP contribution in [-0.4, -0.2) is 51.1 Å². The van der Waals surface area contributed by atoms with Gasteiger partial charge in [-0.25, -0.2) is 0 Å². The highest BCUT2D eigenvalue weighted by Crippen LogP contribution is 2.25. The minimum Gasteiger partial charge on any atom is -0.497 e. The van der Waals surface area contributed by atoms with Crippen molar-refractivity contribution in [2.45, 2.75) is 13.5 Å². The summed E-state index contributed by atoms with van der Waals surface area (Å²) in [5, 5.41) is 5.71. The van der Waals surface area contributed by atoms with E-state index in [1.165, 1.54) is 0 Å². The zero-order valence-corrected chi connectivity index (χ0v) is 20.5. The van der Waals surface area contributed by atoms with Crippen molar-refractivity contribution in [1.82, 2.24) is 4.90 Å². The molecular formula is C27H31N3O5. The normalized spacial score (nSPS) is 10.5. The molecule has 0 atom stereocenters. The number of nitrogens with one attached hydrogen (secondary N) is 2. The lowest BCUT2D eigenvalue weighted by atomic mass is 10.1. The molecule has 0 aliphatic carbocycles. The zero-order chi connectivity index (χ0) is 25.2. The van der Waals surface area contributed by atoms with E-state index in [0.29, 0.717) is 41.6 Å². The van der Waals surface area contributed by atoms with Crippen LogP contribution in [0.5, 0.6) is 17.2 Å². The molecule has 0 saturated carbocycles. The van der Waals surface area contributed by atoms with Crippen molar-refractivity contribution in [2.75, 3.05) is 45.1 Å². The average Bonchev–Trinajstić information content (AvgIpc) is 2.85. The molecule has 0 aliphatic rings. The molecule has 0 saturated heterocycles. The first-order chi connectivity index (χ1) is 16.9. The van der Waals surface area contributed by atoms with E-state index < -0.39 is 0 Å². The lowest BCUT2D eigenvalue weighted by Crippen LogP contribution is -2.30. The zero-order valence-electron chi connectivity index (χ0n) is 20.5. The van der Waals surface area contributed by atoms with Crippen LogP contribution in [-0.2, 0) is 11.3 Å². The van der Waals surface area contributed by atoms with Gasteiger partial charge in [-0.15, -0.1) is 0 Å². The third kappa shape index (κ3) is 7.22. The van der Waals surface area contributed by atoms with E-state index in [1.807, 2.05) is 37.1 Å². The van der Waals surface area contributed by atoms with Gasteiger partial charge in [-0.1, -0.05) is 18.2 Å². The number of ether oxygens (including phenoxy) is 3. The minimum atomic E-state index is -0.318. The SMILES string of the molecule is CCOc1ccc(NC(=O)c2ccccc2NC(=O)CN(C)Cc2ccc(OC)cc2OC)cc1. The Morgan fingerprint density at radius 2 is 1.60 bits per heavy atom. The standard InChI is InChI=1S/C27H31N3O5/c1-5-35-21-14-11-20(12-15-21)28-27(32)23-8-6-7-9-24(23)29-26(31)18-30(2)17-19-10-13-22(33-3)16-25(19)34-4/h6-16H,5,17-18H2,1-4H3,(H,28,32)(H,29,31).